The van der Waals surface area contributed by atoms with Crippen LogP contribution in [0.1, 0.15) is 69.3 Å². The van der Waals surface area contributed by atoms with Crippen LogP contribution in [0.3, 0.4) is 0 Å². The SMILES string of the molecule is Cc1ccc(NC(=O)CC(C)C)cc1NC(=O)N[C@@H](C)c1nc(C2CC2)no1. The summed E-state index contributed by atoms with van der Waals surface area (Å²) in [6.45, 7) is 7.66. The molecule has 1 aliphatic rings. The minimum Gasteiger partial charge on any atom is -0.337 e. The third-order valence-electron chi connectivity index (χ3n) is 4.48. The van der Waals surface area contributed by atoms with E-state index in [1.807, 2.05) is 32.9 Å². The van der Waals surface area contributed by atoms with Gasteiger partial charge >= 0.3 is 6.03 Å². The third-order valence-corrected chi connectivity index (χ3v) is 4.48. The van der Waals surface area contributed by atoms with E-state index in [1.165, 1.54) is 0 Å². The molecule has 2 aromatic rings. The second kappa shape index (κ2) is 8.41. The van der Waals surface area contributed by atoms with E-state index in [4.69, 9.17) is 4.52 Å². The maximum Gasteiger partial charge on any atom is 0.319 e. The Morgan fingerprint density at radius 1 is 1.21 bits per heavy atom. The summed E-state index contributed by atoms with van der Waals surface area (Å²) in [6.07, 6.45) is 2.62. The van der Waals surface area contributed by atoms with Gasteiger partial charge in [0.2, 0.25) is 11.8 Å². The topological polar surface area (TPSA) is 109 Å². The molecule has 1 aliphatic carbocycles. The molecule has 1 aromatic carbocycles. The molecule has 8 heteroatoms. The van der Waals surface area contributed by atoms with Gasteiger partial charge in [0.25, 0.3) is 0 Å². The van der Waals surface area contributed by atoms with Crippen molar-refractivity contribution in [3.8, 4) is 0 Å². The van der Waals surface area contributed by atoms with Gasteiger partial charge in [-0.15, -0.1) is 0 Å². The highest BCUT2D eigenvalue weighted by Gasteiger charge is 2.29. The van der Waals surface area contributed by atoms with E-state index in [1.54, 1.807) is 13.0 Å². The van der Waals surface area contributed by atoms with Gasteiger partial charge in [0.15, 0.2) is 5.82 Å². The lowest BCUT2D eigenvalue weighted by Gasteiger charge is -2.14. The zero-order valence-electron chi connectivity index (χ0n) is 16.7. The average molecular weight is 385 g/mol. The van der Waals surface area contributed by atoms with E-state index in [2.05, 4.69) is 26.1 Å². The summed E-state index contributed by atoms with van der Waals surface area (Å²) in [5.41, 5.74) is 2.15. The Labute approximate surface area is 164 Å². The van der Waals surface area contributed by atoms with Gasteiger partial charge in [0, 0.05) is 23.7 Å². The van der Waals surface area contributed by atoms with Crippen molar-refractivity contribution in [3.05, 3.63) is 35.5 Å². The van der Waals surface area contributed by atoms with Gasteiger partial charge in [-0.05, 0) is 50.3 Å². The number of hydrogen-bond acceptors (Lipinski definition) is 5. The standard InChI is InChI=1S/C20H27N5O3/c1-11(2)9-17(26)22-15-8-5-12(3)16(10-15)23-20(27)21-13(4)19-24-18(25-28-19)14-6-7-14/h5,8,10-11,13-14H,6-7,9H2,1-4H3,(H,22,26)(H2,21,23,27)/t13-/m0/s1. The van der Waals surface area contributed by atoms with E-state index in [-0.39, 0.29) is 17.9 Å². The Kier molecular flexibility index (Phi) is 5.96. The normalized spacial score (nSPS) is 14.6. The number of amides is 3. The average Bonchev–Trinajstić information content (AvgIpc) is 3.33. The summed E-state index contributed by atoms with van der Waals surface area (Å²) in [4.78, 5) is 28.7. The molecule has 28 heavy (non-hydrogen) atoms. The number of benzene rings is 1. The highest BCUT2D eigenvalue weighted by atomic mass is 16.5. The largest absolute Gasteiger partial charge is 0.337 e. The molecule has 1 atom stereocenters. The quantitative estimate of drug-likeness (QED) is 0.664. The second-order valence-electron chi connectivity index (χ2n) is 7.76. The molecule has 0 aliphatic heterocycles. The van der Waals surface area contributed by atoms with Crippen LogP contribution in [0.15, 0.2) is 22.7 Å². The molecule has 1 heterocycles. The van der Waals surface area contributed by atoms with Crippen molar-refractivity contribution in [2.45, 2.75) is 58.9 Å². The number of aromatic nitrogens is 2. The first-order chi connectivity index (χ1) is 13.3. The van der Waals surface area contributed by atoms with Gasteiger partial charge in [0.1, 0.15) is 6.04 Å². The van der Waals surface area contributed by atoms with E-state index in [0.29, 0.717) is 35.4 Å². The van der Waals surface area contributed by atoms with Crippen LogP contribution in [-0.2, 0) is 4.79 Å². The van der Waals surface area contributed by atoms with Gasteiger partial charge in [-0.1, -0.05) is 25.1 Å². The van der Waals surface area contributed by atoms with Crippen molar-refractivity contribution in [2.24, 2.45) is 5.92 Å². The number of nitrogens with zero attached hydrogens (tertiary/aromatic N) is 2. The van der Waals surface area contributed by atoms with Gasteiger partial charge < -0.3 is 20.5 Å². The fourth-order valence-corrected chi connectivity index (χ4v) is 2.76. The molecule has 1 saturated carbocycles. The Balaban J connectivity index is 1.59. The lowest BCUT2D eigenvalue weighted by Crippen LogP contribution is -2.31. The maximum absolute atomic E-state index is 12.4. The molecule has 0 unspecified atom stereocenters. The number of aryl methyl sites for hydroxylation is 1. The van der Waals surface area contributed by atoms with Crippen molar-refractivity contribution in [1.29, 1.82) is 0 Å². The Hall–Kier alpha value is -2.90. The minimum absolute atomic E-state index is 0.0502. The van der Waals surface area contributed by atoms with Crippen LogP contribution < -0.4 is 16.0 Å². The number of nitrogens with one attached hydrogen (secondary N) is 3. The molecule has 3 amide bonds. The lowest BCUT2D eigenvalue weighted by molar-refractivity contribution is -0.116. The summed E-state index contributed by atoms with van der Waals surface area (Å²) < 4.78 is 5.25. The van der Waals surface area contributed by atoms with Gasteiger partial charge in [0.05, 0.1) is 0 Å². The molecule has 0 saturated heterocycles. The molecule has 0 spiro atoms. The van der Waals surface area contributed by atoms with Crippen molar-refractivity contribution in [2.75, 3.05) is 10.6 Å². The van der Waals surface area contributed by atoms with Crippen LogP contribution in [0, 0.1) is 12.8 Å². The van der Waals surface area contributed by atoms with Crippen molar-refractivity contribution in [1.82, 2.24) is 15.5 Å². The summed E-state index contributed by atoms with van der Waals surface area (Å²) in [7, 11) is 0. The fourth-order valence-electron chi connectivity index (χ4n) is 2.76. The summed E-state index contributed by atoms with van der Waals surface area (Å²) in [6, 6.07) is 4.62. The van der Waals surface area contributed by atoms with E-state index < -0.39 is 6.04 Å². The van der Waals surface area contributed by atoms with Crippen molar-refractivity contribution in [3.63, 3.8) is 0 Å². The molecule has 0 bridgehead atoms. The molecule has 0 radical (unpaired) electrons. The van der Waals surface area contributed by atoms with Crippen LogP contribution in [0.25, 0.3) is 0 Å². The number of urea groups is 1. The predicted octanol–water partition coefficient (Wildman–Crippen LogP) is 4.12. The molecule has 1 fully saturated rings. The highest BCUT2D eigenvalue weighted by molar-refractivity contribution is 5.94. The van der Waals surface area contributed by atoms with Crippen LogP contribution in [-0.4, -0.2) is 22.1 Å². The van der Waals surface area contributed by atoms with Gasteiger partial charge in [-0.2, -0.15) is 4.98 Å². The monoisotopic (exact) mass is 385 g/mol. The van der Waals surface area contributed by atoms with Crippen LogP contribution in [0.2, 0.25) is 0 Å². The molecular formula is C20H27N5O3. The van der Waals surface area contributed by atoms with Crippen LogP contribution >= 0.6 is 0 Å². The number of carbonyl (C=O) groups excluding carboxylic acids is 2. The zero-order chi connectivity index (χ0) is 20.3. The molecule has 3 N–H and O–H groups in total. The fraction of sp³-hybridized carbons (Fsp3) is 0.500. The summed E-state index contributed by atoms with van der Waals surface area (Å²) >= 11 is 0. The second-order valence-corrected chi connectivity index (χ2v) is 7.76. The number of carbonyl (C=O) groups is 2. The van der Waals surface area contributed by atoms with E-state index in [9.17, 15) is 9.59 Å². The minimum atomic E-state index is -0.408. The molecule has 1 aromatic heterocycles. The first-order valence-corrected chi connectivity index (χ1v) is 9.63. The first-order valence-electron chi connectivity index (χ1n) is 9.63. The third kappa shape index (κ3) is 5.31. The molecule has 150 valence electrons. The molecule has 3 rings (SSSR count). The van der Waals surface area contributed by atoms with E-state index in [0.717, 1.165) is 18.4 Å². The highest BCUT2D eigenvalue weighted by Crippen LogP contribution is 2.38. The summed E-state index contributed by atoms with van der Waals surface area (Å²) in [5, 5.41) is 12.4. The predicted molar refractivity (Wildman–Crippen MR) is 106 cm³/mol. The van der Waals surface area contributed by atoms with Crippen LogP contribution in [0.5, 0.6) is 0 Å². The zero-order valence-corrected chi connectivity index (χ0v) is 16.7. The van der Waals surface area contributed by atoms with Crippen LogP contribution in [0.4, 0.5) is 16.2 Å². The Morgan fingerprint density at radius 2 is 1.96 bits per heavy atom. The van der Waals surface area contributed by atoms with Crippen molar-refractivity contribution < 1.29 is 14.1 Å². The van der Waals surface area contributed by atoms with Gasteiger partial charge in [-0.3, -0.25) is 4.79 Å². The first kappa shape index (κ1) is 19.9. The maximum atomic E-state index is 12.4. The van der Waals surface area contributed by atoms with E-state index >= 15 is 0 Å². The Bertz CT molecular complexity index is 857. The van der Waals surface area contributed by atoms with Crippen molar-refractivity contribution >= 4 is 23.3 Å². The number of hydrogen-bond donors (Lipinski definition) is 3. The number of anilines is 2. The number of rotatable bonds is 7. The molecule has 8 nitrogen and oxygen atoms in total. The summed E-state index contributed by atoms with van der Waals surface area (Å²) in [5.74, 6) is 1.73. The smallest absolute Gasteiger partial charge is 0.319 e. The lowest BCUT2D eigenvalue weighted by atomic mass is 10.1. The van der Waals surface area contributed by atoms with Gasteiger partial charge in [-0.25, -0.2) is 4.79 Å². The molecular weight excluding hydrogens is 358 g/mol. The Morgan fingerprint density at radius 3 is 2.64 bits per heavy atom.